The number of para-hydroxylation sites is 1. The minimum atomic E-state index is 0.833. The van der Waals surface area contributed by atoms with Crippen molar-refractivity contribution in [1.82, 2.24) is 0 Å². The van der Waals surface area contributed by atoms with Crippen LogP contribution in [0.4, 0.5) is 5.69 Å². The molecule has 4 aromatic rings. The van der Waals surface area contributed by atoms with Crippen LogP contribution in [0.15, 0.2) is 115 Å². The highest BCUT2D eigenvalue weighted by atomic mass is 15.1. The van der Waals surface area contributed by atoms with E-state index in [1.54, 1.807) is 0 Å². The second-order valence-electron chi connectivity index (χ2n) is 6.96. The van der Waals surface area contributed by atoms with Crippen LogP contribution in [0.3, 0.4) is 0 Å². The van der Waals surface area contributed by atoms with E-state index in [9.17, 15) is 0 Å². The fourth-order valence-corrected chi connectivity index (χ4v) is 3.35. The molecule has 0 aliphatic carbocycles. The molecule has 4 rings (SSSR count). The second kappa shape index (κ2) is 9.44. The van der Waals surface area contributed by atoms with Crippen LogP contribution in [0, 0.1) is 11.8 Å². The van der Waals surface area contributed by atoms with Crippen molar-refractivity contribution in [2.45, 2.75) is 13.1 Å². The van der Waals surface area contributed by atoms with Crippen molar-refractivity contribution in [3.63, 3.8) is 0 Å². The molecule has 0 atom stereocenters. The summed E-state index contributed by atoms with van der Waals surface area (Å²) in [7, 11) is 0. The van der Waals surface area contributed by atoms with Crippen LogP contribution in [-0.2, 0) is 13.1 Å². The maximum atomic E-state index is 3.39. The average molecular weight is 373 g/mol. The maximum absolute atomic E-state index is 3.39. The van der Waals surface area contributed by atoms with E-state index >= 15 is 0 Å². The summed E-state index contributed by atoms with van der Waals surface area (Å²) in [5, 5.41) is 0. The molecule has 0 aromatic heterocycles. The Morgan fingerprint density at radius 2 is 0.966 bits per heavy atom. The zero-order valence-corrected chi connectivity index (χ0v) is 16.3. The molecule has 1 nitrogen and oxygen atoms in total. The lowest BCUT2D eigenvalue weighted by Gasteiger charge is -2.26. The molecule has 29 heavy (non-hydrogen) atoms. The van der Waals surface area contributed by atoms with E-state index < -0.39 is 0 Å². The minimum absolute atomic E-state index is 0.833. The number of benzene rings is 4. The number of nitrogens with zero attached hydrogens (tertiary/aromatic N) is 1. The van der Waals surface area contributed by atoms with E-state index in [2.05, 4.69) is 102 Å². The first-order valence-electron chi connectivity index (χ1n) is 9.87. The third-order valence-corrected chi connectivity index (χ3v) is 4.79. The first-order chi connectivity index (χ1) is 14.4. The Hall–Kier alpha value is -3.76. The molecule has 1 heteroatoms. The SMILES string of the molecule is C(#Cc1ccccc1N(Cc1ccccc1)Cc1ccccc1)c1ccccc1. The van der Waals surface area contributed by atoms with Gasteiger partial charge in [-0.2, -0.15) is 0 Å². The van der Waals surface area contributed by atoms with Gasteiger partial charge in [-0.3, -0.25) is 0 Å². The molecule has 0 radical (unpaired) electrons. The van der Waals surface area contributed by atoms with Crippen LogP contribution >= 0.6 is 0 Å². The van der Waals surface area contributed by atoms with Gasteiger partial charge in [0.1, 0.15) is 0 Å². The molecule has 0 spiro atoms. The van der Waals surface area contributed by atoms with E-state index in [0.717, 1.165) is 29.9 Å². The normalized spacial score (nSPS) is 10.1. The van der Waals surface area contributed by atoms with Crippen molar-refractivity contribution in [1.29, 1.82) is 0 Å². The lowest BCUT2D eigenvalue weighted by molar-refractivity contribution is 0.799. The molecule has 4 aromatic carbocycles. The lowest BCUT2D eigenvalue weighted by Crippen LogP contribution is -2.23. The van der Waals surface area contributed by atoms with Crippen LogP contribution < -0.4 is 4.90 Å². The molecular formula is C28H23N. The summed E-state index contributed by atoms with van der Waals surface area (Å²) in [6.45, 7) is 1.67. The number of rotatable bonds is 5. The molecule has 0 N–H and O–H groups in total. The van der Waals surface area contributed by atoms with Gasteiger partial charge in [0.15, 0.2) is 0 Å². The zero-order chi connectivity index (χ0) is 19.7. The molecule has 140 valence electrons. The molecule has 0 saturated heterocycles. The standard InChI is InChI=1S/C28H23N/c1-4-12-24(13-5-1)20-21-27-18-10-11-19-28(27)29(22-25-14-6-2-7-15-25)23-26-16-8-3-9-17-26/h1-19H,22-23H2. The summed E-state index contributed by atoms with van der Waals surface area (Å²) < 4.78 is 0. The third-order valence-electron chi connectivity index (χ3n) is 4.79. The van der Waals surface area contributed by atoms with E-state index in [4.69, 9.17) is 0 Å². The van der Waals surface area contributed by atoms with Crippen molar-refractivity contribution in [3.8, 4) is 11.8 Å². The quantitative estimate of drug-likeness (QED) is 0.371. The van der Waals surface area contributed by atoms with E-state index in [1.165, 1.54) is 11.1 Å². The van der Waals surface area contributed by atoms with E-state index in [1.807, 2.05) is 30.3 Å². The summed E-state index contributed by atoms with van der Waals surface area (Å²) in [4.78, 5) is 2.40. The van der Waals surface area contributed by atoms with Gasteiger partial charge in [-0.15, -0.1) is 0 Å². The molecular weight excluding hydrogens is 350 g/mol. The third kappa shape index (κ3) is 5.15. The van der Waals surface area contributed by atoms with Gasteiger partial charge in [0.2, 0.25) is 0 Å². The fraction of sp³-hybridized carbons (Fsp3) is 0.0714. The van der Waals surface area contributed by atoms with Crippen molar-refractivity contribution in [2.75, 3.05) is 4.90 Å². The monoisotopic (exact) mass is 373 g/mol. The predicted octanol–water partition coefficient (Wildman–Crippen LogP) is 6.29. The van der Waals surface area contributed by atoms with Crippen LogP contribution in [0.25, 0.3) is 0 Å². The van der Waals surface area contributed by atoms with Gasteiger partial charge in [-0.05, 0) is 35.4 Å². The van der Waals surface area contributed by atoms with Gasteiger partial charge >= 0.3 is 0 Å². The van der Waals surface area contributed by atoms with Crippen molar-refractivity contribution < 1.29 is 0 Å². The molecule has 0 bridgehead atoms. The molecule has 0 heterocycles. The van der Waals surface area contributed by atoms with Crippen LogP contribution in [0.5, 0.6) is 0 Å². The Bertz CT molecular complexity index is 1050. The highest BCUT2D eigenvalue weighted by Gasteiger charge is 2.11. The first-order valence-corrected chi connectivity index (χ1v) is 9.87. The Balaban J connectivity index is 1.69. The largest absolute Gasteiger partial charge is 0.362 e. The van der Waals surface area contributed by atoms with Crippen molar-refractivity contribution >= 4 is 5.69 Å². The molecule has 0 fully saturated rings. The number of anilines is 1. The second-order valence-corrected chi connectivity index (χ2v) is 6.96. The van der Waals surface area contributed by atoms with Gasteiger partial charge in [0.05, 0.1) is 5.69 Å². The van der Waals surface area contributed by atoms with Crippen LogP contribution in [0.1, 0.15) is 22.3 Å². The summed E-state index contributed by atoms with van der Waals surface area (Å²) in [6, 6.07) is 39.8. The fourth-order valence-electron chi connectivity index (χ4n) is 3.35. The zero-order valence-electron chi connectivity index (χ0n) is 16.3. The molecule has 0 amide bonds. The van der Waals surface area contributed by atoms with Crippen LogP contribution in [-0.4, -0.2) is 0 Å². The summed E-state index contributed by atoms with van der Waals surface area (Å²) in [6.07, 6.45) is 0. The maximum Gasteiger partial charge on any atom is 0.0531 e. The van der Waals surface area contributed by atoms with Crippen molar-refractivity contribution in [3.05, 3.63) is 138 Å². The topological polar surface area (TPSA) is 3.24 Å². The number of hydrogen-bond acceptors (Lipinski definition) is 1. The van der Waals surface area contributed by atoms with Gasteiger partial charge in [0.25, 0.3) is 0 Å². The molecule has 0 saturated carbocycles. The molecule has 0 aliphatic rings. The molecule has 0 unspecified atom stereocenters. The first kappa shape index (κ1) is 18.6. The van der Waals surface area contributed by atoms with Gasteiger partial charge < -0.3 is 4.90 Å². The Kier molecular flexibility index (Phi) is 6.05. The Morgan fingerprint density at radius 3 is 1.55 bits per heavy atom. The highest BCUT2D eigenvalue weighted by molar-refractivity contribution is 5.62. The van der Waals surface area contributed by atoms with Gasteiger partial charge in [-0.1, -0.05) is 103 Å². The van der Waals surface area contributed by atoms with E-state index in [0.29, 0.717) is 0 Å². The van der Waals surface area contributed by atoms with Gasteiger partial charge in [-0.25, -0.2) is 0 Å². The van der Waals surface area contributed by atoms with E-state index in [-0.39, 0.29) is 0 Å². The highest BCUT2D eigenvalue weighted by Crippen LogP contribution is 2.24. The number of hydrogen-bond donors (Lipinski definition) is 0. The Labute approximate surface area is 173 Å². The minimum Gasteiger partial charge on any atom is -0.362 e. The lowest BCUT2D eigenvalue weighted by atomic mass is 10.1. The van der Waals surface area contributed by atoms with Crippen LogP contribution in [0.2, 0.25) is 0 Å². The summed E-state index contributed by atoms with van der Waals surface area (Å²) in [5.74, 6) is 6.70. The Morgan fingerprint density at radius 1 is 0.483 bits per heavy atom. The summed E-state index contributed by atoms with van der Waals surface area (Å²) in [5.41, 5.74) is 5.80. The summed E-state index contributed by atoms with van der Waals surface area (Å²) >= 11 is 0. The average Bonchev–Trinajstić information content (AvgIpc) is 2.80. The van der Waals surface area contributed by atoms with Gasteiger partial charge in [0, 0.05) is 24.2 Å². The van der Waals surface area contributed by atoms with Crippen molar-refractivity contribution in [2.24, 2.45) is 0 Å². The smallest absolute Gasteiger partial charge is 0.0531 e. The predicted molar refractivity (Wildman–Crippen MR) is 122 cm³/mol. The molecule has 0 aliphatic heterocycles.